The summed E-state index contributed by atoms with van der Waals surface area (Å²) in [5.41, 5.74) is 0.975. The van der Waals surface area contributed by atoms with Gasteiger partial charge in [-0.15, -0.1) is 0 Å². The summed E-state index contributed by atoms with van der Waals surface area (Å²) in [7, 11) is 0. The fourth-order valence-corrected chi connectivity index (χ4v) is 4.10. The Labute approximate surface area is 128 Å². The minimum Gasteiger partial charge on any atom is -0.396 e. The van der Waals surface area contributed by atoms with Gasteiger partial charge in [0.15, 0.2) is 0 Å². The summed E-state index contributed by atoms with van der Waals surface area (Å²) in [4.78, 5) is 22.9. The predicted molar refractivity (Wildman–Crippen MR) is 80.5 cm³/mol. The van der Waals surface area contributed by atoms with E-state index < -0.39 is 4.92 Å². The van der Waals surface area contributed by atoms with Gasteiger partial charge in [-0.1, -0.05) is 6.07 Å². The van der Waals surface area contributed by atoms with Gasteiger partial charge in [-0.25, -0.2) is 0 Å². The molecule has 2 N–H and O–H groups in total. The van der Waals surface area contributed by atoms with Crippen molar-refractivity contribution in [3.63, 3.8) is 0 Å². The molecule has 0 aromatic heterocycles. The Morgan fingerprint density at radius 3 is 2.82 bits per heavy atom. The molecule has 6 nitrogen and oxygen atoms in total. The average molecular weight is 304 g/mol. The number of nitro benzene ring substituents is 1. The maximum atomic E-state index is 12.5. The van der Waals surface area contributed by atoms with Gasteiger partial charge in [0, 0.05) is 36.3 Å². The van der Waals surface area contributed by atoms with Crippen LogP contribution in [0.3, 0.4) is 0 Å². The first-order valence-electron chi connectivity index (χ1n) is 7.68. The van der Waals surface area contributed by atoms with Crippen molar-refractivity contribution in [1.29, 1.82) is 0 Å². The van der Waals surface area contributed by atoms with Crippen molar-refractivity contribution >= 4 is 11.6 Å². The molecule has 3 rings (SSSR count). The van der Waals surface area contributed by atoms with Gasteiger partial charge < -0.3 is 10.4 Å². The summed E-state index contributed by atoms with van der Waals surface area (Å²) < 4.78 is 0. The third-order valence-corrected chi connectivity index (χ3v) is 5.27. The predicted octanol–water partition coefficient (Wildman–Crippen LogP) is 2.04. The number of aryl methyl sites for hydroxylation is 1. The fourth-order valence-electron chi connectivity index (χ4n) is 4.10. The van der Waals surface area contributed by atoms with E-state index in [1.54, 1.807) is 13.0 Å². The van der Waals surface area contributed by atoms with Gasteiger partial charge in [0.25, 0.3) is 11.6 Å². The van der Waals surface area contributed by atoms with Crippen LogP contribution in [-0.2, 0) is 0 Å². The van der Waals surface area contributed by atoms with Gasteiger partial charge in [-0.3, -0.25) is 14.9 Å². The molecule has 1 aromatic rings. The minimum atomic E-state index is -0.496. The van der Waals surface area contributed by atoms with E-state index in [1.165, 1.54) is 12.1 Å². The van der Waals surface area contributed by atoms with Crippen LogP contribution in [-0.4, -0.2) is 28.6 Å². The fraction of sp³-hybridized carbons (Fsp3) is 0.562. The van der Waals surface area contributed by atoms with Crippen LogP contribution in [0.2, 0.25) is 0 Å². The highest BCUT2D eigenvalue weighted by molar-refractivity contribution is 5.96. The van der Waals surface area contributed by atoms with Gasteiger partial charge in [0.05, 0.1) is 4.92 Å². The number of hydrogen-bond acceptors (Lipinski definition) is 4. The molecule has 0 heterocycles. The molecule has 4 unspecified atom stereocenters. The highest BCUT2D eigenvalue weighted by atomic mass is 16.6. The molecule has 0 aliphatic heterocycles. The van der Waals surface area contributed by atoms with E-state index in [2.05, 4.69) is 5.32 Å². The molecule has 118 valence electrons. The van der Waals surface area contributed by atoms with Crippen LogP contribution in [0.4, 0.5) is 5.69 Å². The van der Waals surface area contributed by atoms with Crippen LogP contribution < -0.4 is 5.32 Å². The van der Waals surface area contributed by atoms with E-state index in [4.69, 9.17) is 0 Å². The second-order valence-corrected chi connectivity index (χ2v) is 6.44. The Hall–Kier alpha value is -1.95. The summed E-state index contributed by atoms with van der Waals surface area (Å²) in [5.74, 6) is 0.746. The molecule has 0 spiro atoms. The molecule has 0 radical (unpaired) electrons. The number of hydrogen-bond donors (Lipinski definition) is 2. The molecular weight excluding hydrogens is 284 g/mol. The largest absolute Gasteiger partial charge is 0.396 e. The number of nitrogens with one attached hydrogen (secondary N) is 1. The van der Waals surface area contributed by atoms with E-state index in [9.17, 15) is 20.0 Å². The Morgan fingerprint density at radius 2 is 2.14 bits per heavy atom. The highest BCUT2D eigenvalue weighted by Gasteiger charge is 2.47. The summed E-state index contributed by atoms with van der Waals surface area (Å²) in [6.45, 7) is 1.85. The maximum absolute atomic E-state index is 12.5. The number of carbonyl (C=O) groups excluding carboxylic acids is 1. The van der Waals surface area contributed by atoms with E-state index >= 15 is 0 Å². The van der Waals surface area contributed by atoms with Gasteiger partial charge in [0.1, 0.15) is 0 Å². The van der Waals surface area contributed by atoms with Crippen molar-refractivity contribution in [2.24, 2.45) is 17.8 Å². The molecule has 4 atom stereocenters. The Kier molecular flexibility index (Phi) is 3.87. The first-order chi connectivity index (χ1) is 10.5. The average Bonchev–Trinajstić information content (AvgIpc) is 3.08. The number of nitrogens with zero attached hydrogens (tertiary/aromatic N) is 1. The number of aliphatic hydroxyl groups is 1. The van der Waals surface area contributed by atoms with Crippen LogP contribution in [0.1, 0.15) is 35.2 Å². The lowest BCUT2D eigenvalue weighted by Crippen LogP contribution is -2.45. The second kappa shape index (κ2) is 5.68. The van der Waals surface area contributed by atoms with Gasteiger partial charge in [-0.2, -0.15) is 0 Å². The normalized spacial score (nSPS) is 29.5. The van der Waals surface area contributed by atoms with Crippen molar-refractivity contribution < 1.29 is 14.8 Å². The SMILES string of the molecule is Cc1ccc([N+](=O)[O-])cc1C(=O)NC1C2CCC(C2)C1CO. The van der Waals surface area contributed by atoms with Gasteiger partial charge in [-0.05, 0) is 43.6 Å². The summed E-state index contributed by atoms with van der Waals surface area (Å²) in [6, 6.07) is 4.30. The Morgan fingerprint density at radius 1 is 1.41 bits per heavy atom. The molecule has 1 amide bonds. The number of benzene rings is 1. The van der Waals surface area contributed by atoms with E-state index in [-0.39, 0.29) is 30.2 Å². The zero-order chi connectivity index (χ0) is 15.9. The van der Waals surface area contributed by atoms with Crippen LogP contribution in [0.5, 0.6) is 0 Å². The standard InChI is InChI=1S/C16H20N2O4/c1-9-2-5-12(18(21)22)7-13(9)16(20)17-15-11-4-3-10(6-11)14(15)8-19/h2,5,7,10-11,14-15,19H,3-4,6,8H2,1H3,(H,17,20). The topological polar surface area (TPSA) is 92.5 Å². The monoisotopic (exact) mass is 304 g/mol. The van der Waals surface area contributed by atoms with Crippen molar-refractivity contribution in [1.82, 2.24) is 5.32 Å². The molecule has 22 heavy (non-hydrogen) atoms. The Bertz CT molecular complexity index is 616. The number of rotatable bonds is 4. The molecular formula is C16H20N2O4. The maximum Gasteiger partial charge on any atom is 0.270 e. The smallest absolute Gasteiger partial charge is 0.270 e. The van der Waals surface area contributed by atoms with Crippen molar-refractivity contribution in [2.75, 3.05) is 6.61 Å². The first-order valence-corrected chi connectivity index (χ1v) is 7.68. The summed E-state index contributed by atoms with van der Waals surface area (Å²) in [6.07, 6.45) is 3.27. The number of amides is 1. The Balaban J connectivity index is 1.80. The van der Waals surface area contributed by atoms with Crippen LogP contribution in [0.15, 0.2) is 18.2 Å². The molecule has 2 fully saturated rings. The lowest BCUT2D eigenvalue weighted by Gasteiger charge is -2.30. The third kappa shape index (κ3) is 2.47. The lowest BCUT2D eigenvalue weighted by atomic mass is 9.85. The minimum absolute atomic E-state index is 0.0186. The van der Waals surface area contributed by atoms with Gasteiger partial charge in [0.2, 0.25) is 0 Å². The van der Waals surface area contributed by atoms with Crippen LogP contribution >= 0.6 is 0 Å². The third-order valence-electron chi connectivity index (χ3n) is 5.27. The van der Waals surface area contributed by atoms with Crippen LogP contribution in [0, 0.1) is 34.8 Å². The highest BCUT2D eigenvalue weighted by Crippen LogP contribution is 2.48. The van der Waals surface area contributed by atoms with E-state index in [1.807, 2.05) is 0 Å². The zero-order valence-electron chi connectivity index (χ0n) is 12.5. The molecule has 1 aromatic carbocycles. The number of aliphatic hydroxyl groups excluding tert-OH is 1. The number of non-ortho nitro benzene ring substituents is 1. The molecule has 2 bridgehead atoms. The quantitative estimate of drug-likeness (QED) is 0.657. The molecule has 2 aliphatic carbocycles. The molecule has 2 saturated carbocycles. The number of nitro groups is 1. The van der Waals surface area contributed by atoms with Gasteiger partial charge >= 0.3 is 0 Å². The second-order valence-electron chi connectivity index (χ2n) is 6.44. The van der Waals surface area contributed by atoms with Crippen LogP contribution in [0.25, 0.3) is 0 Å². The number of fused-ring (bicyclic) bond motifs is 2. The van der Waals surface area contributed by atoms with E-state index in [0.717, 1.165) is 19.3 Å². The number of carbonyl (C=O) groups is 1. The van der Waals surface area contributed by atoms with Crippen molar-refractivity contribution in [3.05, 3.63) is 39.4 Å². The summed E-state index contributed by atoms with van der Waals surface area (Å²) in [5, 5.41) is 23.5. The van der Waals surface area contributed by atoms with Crippen molar-refractivity contribution in [3.8, 4) is 0 Å². The first kappa shape index (κ1) is 15.0. The molecule has 2 aliphatic rings. The molecule has 6 heteroatoms. The summed E-state index contributed by atoms with van der Waals surface area (Å²) >= 11 is 0. The lowest BCUT2D eigenvalue weighted by molar-refractivity contribution is -0.384. The van der Waals surface area contributed by atoms with E-state index in [0.29, 0.717) is 23.0 Å². The zero-order valence-corrected chi connectivity index (χ0v) is 12.5. The van der Waals surface area contributed by atoms with Crippen molar-refractivity contribution in [2.45, 2.75) is 32.2 Å². The molecule has 0 saturated heterocycles.